The van der Waals surface area contributed by atoms with E-state index >= 15 is 0 Å². The lowest BCUT2D eigenvalue weighted by Gasteiger charge is -2.11. The number of anilines is 2. The molecule has 3 aromatic rings. The molecule has 0 bridgehead atoms. The average Bonchev–Trinajstić information content (AvgIpc) is 2.57. The van der Waals surface area contributed by atoms with E-state index in [9.17, 15) is 4.79 Å². The highest BCUT2D eigenvalue weighted by Crippen LogP contribution is 2.24. The third-order valence-electron chi connectivity index (χ3n) is 3.92. The molecule has 1 aromatic heterocycles. The highest BCUT2D eigenvalue weighted by atomic mass is 35.5. The molecular weight excluding hydrogens is 336 g/mol. The minimum Gasteiger partial charge on any atom is -0.462 e. The molecule has 0 spiro atoms. The van der Waals surface area contributed by atoms with Crippen molar-refractivity contribution < 1.29 is 9.53 Å². The maximum Gasteiger partial charge on any atom is 0.338 e. The number of rotatable bonds is 4. The fourth-order valence-electron chi connectivity index (χ4n) is 2.68. The normalized spacial score (nSPS) is 10.2. The molecule has 1 N–H and O–H groups in total. The number of esters is 1. The third-order valence-corrected chi connectivity index (χ3v) is 3.92. The summed E-state index contributed by atoms with van der Waals surface area (Å²) in [6, 6.07) is 15.4. The van der Waals surface area contributed by atoms with Crippen LogP contribution in [-0.2, 0) is 4.74 Å². The van der Waals surface area contributed by atoms with Gasteiger partial charge in [-0.2, -0.15) is 0 Å². The van der Waals surface area contributed by atoms with Gasteiger partial charge in [0.15, 0.2) is 0 Å². The van der Waals surface area contributed by atoms with Crippen LogP contribution in [0.5, 0.6) is 0 Å². The first-order valence-electron chi connectivity index (χ1n) is 7.99. The van der Waals surface area contributed by atoms with Crippen molar-refractivity contribution in [3.63, 3.8) is 0 Å². The highest BCUT2D eigenvalue weighted by Gasteiger charge is 2.07. The average molecular weight is 357 g/mol. The number of carbonyl (C=O) groups excluding carboxylic acids is 1. The molecule has 130 valence electrons. The summed E-state index contributed by atoms with van der Waals surface area (Å²) in [5, 5.41) is 4.46. The van der Waals surface area contributed by atoms with Gasteiger partial charge in [-0.15, -0.1) is 12.4 Å². The molecule has 0 fully saturated rings. The molecule has 0 saturated heterocycles. The summed E-state index contributed by atoms with van der Waals surface area (Å²) < 4.78 is 4.99. The van der Waals surface area contributed by atoms with E-state index < -0.39 is 0 Å². The lowest BCUT2D eigenvalue weighted by atomic mass is 10.1. The van der Waals surface area contributed by atoms with Crippen LogP contribution >= 0.6 is 12.4 Å². The zero-order valence-electron chi connectivity index (χ0n) is 14.5. The number of para-hydroxylation sites is 1. The molecule has 0 aliphatic carbocycles. The third kappa shape index (κ3) is 4.09. The van der Waals surface area contributed by atoms with E-state index in [1.807, 2.05) is 24.3 Å². The van der Waals surface area contributed by atoms with E-state index in [2.05, 4.69) is 31.3 Å². The van der Waals surface area contributed by atoms with Crippen molar-refractivity contribution in [3.8, 4) is 0 Å². The Kier molecular flexibility index (Phi) is 5.99. The second-order valence-corrected chi connectivity index (χ2v) is 5.72. The Balaban J connectivity index is 0.00000225. The molecule has 3 rings (SSSR count). The van der Waals surface area contributed by atoms with E-state index in [0.717, 1.165) is 22.6 Å². The summed E-state index contributed by atoms with van der Waals surface area (Å²) in [4.78, 5) is 16.4. The van der Waals surface area contributed by atoms with Crippen molar-refractivity contribution >= 4 is 40.8 Å². The molecule has 5 heteroatoms. The van der Waals surface area contributed by atoms with Crippen molar-refractivity contribution in [2.24, 2.45) is 0 Å². The van der Waals surface area contributed by atoms with E-state index in [1.165, 1.54) is 10.9 Å². The van der Waals surface area contributed by atoms with Gasteiger partial charge in [-0.25, -0.2) is 9.78 Å². The van der Waals surface area contributed by atoms with E-state index in [0.29, 0.717) is 12.2 Å². The van der Waals surface area contributed by atoms with Gasteiger partial charge < -0.3 is 10.1 Å². The number of carbonyl (C=O) groups is 1. The van der Waals surface area contributed by atoms with Crippen LogP contribution in [0.25, 0.3) is 10.9 Å². The Morgan fingerprint density at radius 1 is 1.08 bits per heavy atom. The van der Waals surface area contributed by atoms with E-state index in [1.54, 1.807) is 19.1 Å². The Labute approximate surface area is 153 Å². The van der Waals surface area contributed by atoms with Crippen molar-refractivity contribution in [1.82, 2.24) is 4.98 Å². The number of benzene rings is 2. The van der Waals surface area contributed by atoms with Crippen LogP contribution in [0.2, 0.25) is 0 Å². The predicted octanol–water partition coefficient (Wildman–Crippen LogP) is 5.19. The van der Waals surface area contributed by atoms with Gasteiger partial charge >= 0.3 is 5.97 Å². The fourth-order valence-corrected chi connectivity index (χ4v) is 2.68. The number of halogens is 1. The molecule has 0 atom stereocenters. The zero-order chi connectivity index (χ0) is 17.1. The molecule has 4 nitrogen and oxygen atoms in total. The molecule has 0 saturated carbocycles. The van der Waals surface area contributed by atoms with Crippen LogP contribution < -0.4 is 5.32 Å². The molecular formula is C20H21ClN2O2. The zero-order valence-corrected chi connectivity index (χ0v) is 15.3. The molecule has 25 heavy (non-hydrogen) atoms. The predicted molar refractivity (Wildman–Crippen MR) is 104 cm³/mol. The maximum absolute atomic E-state index is 11.7. The Hall–Kier alpha value is -2.59. The molecule has 0 aliphatic rings. The monoisotopic (exact) mass is 356 g/mol. The van der Waals surface area contributed by atoms with Crippen molar-refractivity contribution in [3.05, 3.63) is 65.2 Å². The highest BCUT2D eigenvalue weighted by molar-refractivity contribution is 5.90. The summed E-state index contributed by atoms with van der Waals surface area (Å²) in [6.07, 6.45) is 0. The van der Waals surface area contributed by atoms with Gasteiger partial charge in [0.25, 0.3) is 0 Å². The minimum atomic E-state index is -0.306. The van der Waals surface area contributed by atoms with Gasteiger partial charge in [0.1, 0.15) is 5.82 Å². The largest absolute Gasteiger partial charge is 0.462 e. The second kappa shape index (κ2) is 7.99. The Morgan fingerprint density at radius 3 is 2.48 bits per heavy atom. The van der Waals surface area contributed by atoms with Gasteiger partial charge in [-0.1, -0.05) is 18.2 Å². The van der Waals surface area contributed by atoms with Crippen molar-refractivity contribution in [2.45, 2.75) is 20.8 Å². The first-order valence-corrected chi connectivity index (χ1v) is 7.99. The summed E-state index contributed by atoms with van der Waals surface area (Å²) in [5.74, 6) is 0.484. The van der Waals surface area contributed by atoms with Crippen LogP contribution in [-0.4, -0.2) is 17.6 Å². The number of hydrogen-bond donors (Lipinski definition) is 1. The Bertz CT molecular complexity index is 892. The number of ether oxygens (including phenoxy) is 1. The van der Waals surface area contributed by atoms with Gasteiger partial charge in [0.2, 0.25) is 0 Å². The van der Waals surface area contributed by atoms with Gasteiger partial charge in [-0.3, -0.25) is 0 Å². The number of nitrogens with one attached hydrogen (secondary N) is 1. The molecule has 1 heterocycles. The second-order valence-electron chi connectivity index (χ2n) is 5.72. The maximum atomic E-state index is 11.7. The van der Waals surface area contributed by atoms with E-state index in [4.69, 9.17) is 9.72 Å². The molecule has 0 amide bonds. The minimum absolute atomic E-state index is 0. The van der Waals surface area contributed by atoms with Crippen LogP contribution in [0, 0.1) is 13.8 Å². The first kappa shape index (κ1) is 18.7. The fraction of sp³-hybridized carbons (Fsp3) is 0.200. The number of pyridine rings is 1. The summed E-state index contributed by atoms with van der Waals surface area (Å²) in [6.45, 7) is 6.31. The summed E-state index contributed by atoms with van der Waals surface area (Å²) in [7, 11) is 0. The number of hydrogen-bond acceptors (Lipinski definition) is 4. The van der Waals surface area contributed by atoms with Gasteiger partial charge in [0, 0.05) is 11.1 Å². The van der Waals surface area contributed by atoms with Crippen molar-refractivity contribution in [1.29, 1.82) is 0 Å². The van der Waals surface area contributed by atoms with E-state index in [-0.39, 0.29) is 18.4 Å². The number of aryl methyl sites for hydroxylation is 2. The topological polar surface area (TPSA) is 51.2 Å². The molecule has 0 radical (unpaired) electrons. The van der Waals surface area contributed by atoms with Crippen LogP contribution in [0.3, 0.4) is 0 Å². The summed E-state index contributed by atoms with van der Waals surface area (Å²) >= 11 is 0. The summed E-state index contributed by atoms with van der Waals surface area (Å²) in [5.41, 5.74) is 4.75. The lowest BCUT2D eigenvalue weighted by Crippen LogP contribution is -2.04. The number of nitrogens with zero attached hydrogens (tertiary/aromatic N) is 1. The smallest absolute Gasteiger partial charge is 0.338 e. The Morgan fingerprint density at radius 2 is 1.80 bits per heavy atom. The number of aromatic nitrogens is 1. The van der Waals surface area contributed by atoms with Gasteiger partial charge in [0.05, 0.1) is 17.7 Å². The van der Waals surface area contributed by atoms with Crippen molar-refractivity contribution in [2.75, 3.05) is 11.9 Å². The lowest BCUT2D eigenvalue weighted by molar-refractivity contribution is 0.0526. The molecule has 0 aliphatic heterocycles. The SMILES string of the molecule is CCOC(=O)c1ccc(Nc2cc(C)c3cccc(C)c3n2)cc1.Cl. The van der Waals surface area contributed by atoms with Gasteiger partial charge in [-0.05, 0) is 62.2 Å². The molecule has 0 unspecified atom stereocenters. The standard InChI is InChI=1S/C20H20N2O2.ClH/c1-4-24-20(23)15-8-10-16(11-9-15)21-18-12-14(3)17-7-5-6-13(2)19(17)22-18;/h5-12H,4H2,1-3H3,(H,21,22);1H. The van der Waals surface area contributed by atoms with Crippen LogP contribution in [0.1, 0.15) is 28.4 Å². The first-order chi connectivity index (χ1) is 11.6. The quantitative estimate of drug-likeness (QED) is 0.653. The van der Waals surface area contributed by atoms with Crippen LogP contribution in [0.4, 0.5) is 11.5 Å². The molecule has 2 aromatic carbocycles. The number of fused-ring (bicyclic) bond motifs is 1. The van der Waals surface area contributed by atoms with Crippen LogP contribution in [0.15, 0.2) is 48.5 Å².